The highest BCUT2D eigenvalue weighted by atomic mass is 16.5. The van der Waals surface area contributed by atoms with Crippen LogP contribution in [-0.4, -0.2) is 37.5 Å². The monoisotopic (exact) mass is 215 g/mol. The van der Waals surface area contributed by atoms with Crippen LogP contribution in [-0.2, 0) is 4.74 Å². The van der Waals surface area contributed by atoms with E-state index in [0.717, 1.165) is 12.5 Å². The van der Waals surface area contributed by atoms with Crippen LogP contribution in [0.3, 0.4) is 0 Å². The predicted octanol–water partition coefficient (Wildman–Crippen LogP) is 1.55. The van der Waals surface area contributed by atoms with Gasteiger partial charge in [0.2, 0.25) is 0 Å². The minimum Gasteiger partial charge on any atom is -0.394 e. The lowest BCUT2D eigenvalue weighted by Crippen LogP contribution is -2.36. The maximum Gasteiger partial charge on any atom is 0.0698 e. The summed E-state index contributed by atoms with van der Waals surface area (Å²) in [4.78, 5) is 0. The Morgan fingerprint density at radius 3 is 2.80 bits per heavy atom. The van der Waals surface area contributed by atoms with E-state index in [1.807, 2.05) is 0 Å². The van der Waals surface area contributed by atoms with E-state index in [0.29, 0.717) is 19.3 Å². The first-order valence-electron chi connectivity index (χ1n) is 6.26. The molecule has 3 heteroatoms. The fraction of sp³-hybridized carbons (Fsp3) is 1.00. The van der Waals surface area contributed by atoms with Crippen LogP contribution in [0.1, 0.15) is 39.0 Å². The number of hydrogen-bond acceptors (Lipinski definition) is 3. The molecule has 1 rings (SSSR count). The van der Waals surface area contributed by atoms with Crippen molar-refractivity contribution in [1.29, 1.82) is 0 Å². The molecule has 15 heavy (non-hydrogen) atoms. The molecule has 2 N–H and O–H groups in total. The van der Waals surface area contributed by atoms with E-state index in [2.05, 4.69) is 12.2 Å². The number of ether oxygens (including phenoxy) is 1. The van der Waals surface area contributed by atoms with Gasteiger partial charge < -0.3 is 15.2 Å². The molecule has 0 saturated heterocycles. The van der Waals surface area contributed by atoms with Crippen LogP contribution in [0.15, 0.2) is 0 Å². The van der Waals surface area contributed by atoms with Gasteiger partial charge in [-0.3, -0.25) is 0 Å². The summed E-state index contributed by atoms with van der Waals surface area (Å²) in [7, 11) is 0. The fourth-order valence-corrected chi connectivity index (χ4v) is 2.28. The van der Waals surface area contributed by atoms with Crippen LogP contribution >= 0.6 is 0 Å². The molecule has 2 unspecified atom stereocenters. The third kappa shape index (κ3) is 5.50. The van der Waals surface area contributed by atoms with Crippen LogP contribution < -0.4 is 5.32 Å². The summed E-state index contributed by atoms with van der Waals surface area (Å²) in [6, 6.07) is 0.672. The molecule has 90 valence electrons. The van der Waals surface area contributed by atoms with E-state index >= 15 is 0 Å². The van der Waals surface area contributed by atoms with Gasteiger partial charge in [-0.2, -0.15) is 0 Å². The Labute approximate surface area is 93.2 Å². The van der Waals surface area contributed by atoms with Gasteiger partial charge >= 0.3 is 0 Å². The third-order valence-electron chi connectivity index (χ3n) is 3.25. The Kier molecular flexibility index (Phi) is 6.98. The summed E-state index contributed by atoms with van der Waals surface area (Å²) in [5, 5.41) is 12.1. The van der Waals surface area contributed by atoms with Crippen molar-refractivity contribution in [2.24, 2.45) is 5.92 Å². The largest absolute Gasteiger partial charge is 0.394 e. The number of rotatable bonds is 6. The van der Waals surface area contributed by atoms with Gasteiger partial charge in [0.15, 0.2) is 0 Å². The lowest BCUT2D eigenvalue weighted by atomic mass is 9.97. The quantitative estimate of drug-likeness (QED) is 0.522. The normalized spacial score (nSPS) is 27.6. The van der Waals surface area contributed by atoms with Gasteiger partial charge in [0, 0.05) is 12.6 Å². The average molecular weight is 215 g/mol. The molecular weight excluding hydrogens is 190 g/mol. The second-order valence-electron chi connectivity index (χ2n) is 4.51. The number of aliphatic hydroxyl groups excluding tert-OH is 1. The van der Waals surface area contributed by atoms with E-state index in [9.17, 15) is 0 Å². The number of aliphatic hydroxyl groups is 1. The Morgan fingerprint density at radius 1 is 1.20 bits per heavy atom. The molecule has 1 saturated carbocycles. The molecule has 0 aromatic heterocycles. The van der Waals surface area contributed by atoms with Crippen LogP contribution in [0.5, 0.6) is 0 Å². The molecule has 0 aromatic rings. The van der Waals surface area contributed by atoms with Crippen molar-refractivity contribution in [1.82, 2.24) is 5.32 Å². The molecule has 0 spiro atoms. The van der Waals surface area contributed by atoms with Crippen molar-refractivity contribution < 1.29 is 9.84 Å². The zero-order valence-corrected chi connectivity index (χ0v) is 9.87. The van der Waals surface area contributed by atoms with Crippen LogP contribution in [0.25, 0.3) is 0 Å². The van der Waals surface area contributed by atoms with Gasteiger partial charge in [-0.05, 0) is 18.8 Å². The highest BCUT2D eigenvalue weighted by Crippen LogP contribution is 2.22. The zero-order chi connectivity index (χ0) is 10.9. The third-order valence-corrected chi connectivity index (χ3v) is 3.25. The van der Waals surface area contributed by atoms with Crippen molar-refractivity contribution >= 4 is 0 Å². The molecular formula is C12H25NO2. The first-order valence-corrected chi connectivity index (χ1v) is 6.26. The summed E-state index contributed by atoms with van der Waals surface area (Å²) < 4.78 is 5.23. The second-order valence-corrected chi connectivity index (χ2v) is 4.51. The van der Waals surface area contributed by atoms with Gasteiger partial charge in [-0.25, -0.2) is 0 Å². The topological polar surface area (TPSA) is 41.5 Å². The highest BCUT2D eigenvalue weighted by molar-refractivity contribution is 4.76. The Bertz CT molecular complexity index is 153. The Morgan fingerprint density at radius 2 is 2.00 bits per heavy atom. The summed E-state index contributed by atoms with van der Waals surface area (Å²) >= 11 is 0. The standard InChI is InChI=1S/C12H25NO2/c1-11-5-3-2-4-6-12(11)13-7-9-15-10-8-14/h11-14H,2-10H2,1H3. The van der Waals surface area contributed by atoms with Crippen LogP contribution in [0.2, 0.25) is 0 Å². The van der Waals surface area contributed by atoms with Crippen molar-refractivity contribution in [2.45, 2.75) is 45.1 Å². The van der Waals surface area contributed by atoms with E-state index in [1.54, 1.807) is 0 Å². The number of nitrogens with one attached hydrogen (secondary N) is 1. The van der Waals surface area contributed by atoms with E-state index in [-0.39, 0.29) is 6.61 Å². The molecule has 0 bridgehead atoms. The molecule has 1 fully saturated rings. The number of hydrogen-bond donors (Lipinski definition) is 2. The predicted molar refractivity (Wildman–Crippen MR) is 61.9 cm³/mol. The lowest BCUT2D eigenvalue weighted by Gasteiger charge is -2.22. The van der Waals surface area contributed by atoms with Crippen LogP contribution in [0.4, 0.5) is 0 Å². The van der Waals surface area contributed by atoms with Crippen molar-refractivity contribution in [3.63, 3.8) is 0 Å². The van der Waals surface area contributed by atoms with E-state index < -0.39 is 0 Å². The molecule has 1 aliphatic carbocycles. The maximum atomic E-state index is 8.55. The van der Waals surface area contributed by atoms with Crippen molar-refractivity contribution in [3.05, 3.63) is 0 Å². The molecule has 0 amide bonds. The molecule has 0 aromatic carbocycles. The fourth-order valence-electron chi connectivity index (χ4n) is 2.28. The first kappa shape index (κ1) is 12.9. The molecule has 0 aliphatic heterocycles. The maximum absolute atomic E-state index is 8.55. The van der Waals surface area contributed by atoms with Gasteiger partial charge in [0.25, 0.3) is 0 Å². The minimum absolute atomic E-state index is 0.125. The Balaban J connectivity index is 2.07. The highest BCUT2D eigenvalue weighted by Gasteiger charge is 2.18. The molecule has 3 nitrogen and oxygen atoms in total. The molecule has 1 aliphatic rings. The van der Waals surface area contributed by atoms with Gasteiger partial charge in [-0.1, -0.05) is 26.2 Å². The van der Waals surface area contributed by atoms with Crippen molar-refractivity contribution in [2.75, 3.05) is 26.4 Å². The summed E-state index contributed by atoms with van der Waals surface area (Å²) in [6.07, 6.45) is 6.81. The van der Waals surface area contributed by atoms with Crippen LogP contribution in [0, 0.1) is 5.92 Å². The smallest absolute Gasteiger partial charge is 0.0698 e. The van der Waals surface area contributed by atoms with Gasteiger partial charge in [-0.15, -0.1) is 0 Å². The summed E-state index contributed by atoms with van der Waals surface area (Å²) in [6.45, 7) is 4.55. The van der Waals surface area contributed by atoms with Gasteiger partial charge in [0.1, 0.15) is 0 Å². The van der Waals surface area contributed by atoms with E-state index in [4.69, 9.17) is 9.84 Å². The van der Waals surface area contributed by atoms with Gasteiger partial charge in [0.05, 0.1) is 19.8 Å². The Hall–Kier alpha value is -0.120. The summed E-state index contributed by atoms with van der Waals surface area (Å²) in [5.41, 5.74) is 0. The minimum atomic E-state index is 0.125. The molecule has 2 atom stereocenters. The first-order chi connectivity index (χ1) is 7.34. The molecule has 0 heterocycles. The summed E-state index contributed by atoms with van der Waals surface area (Å²) in [5.74, 6) is 0.797. The zero-order valence-electron chi connectivity index (χ0n) is 9.87. The molecule has 0 radical (unpaired) electrons. The van der Waals surface area contributed by atoms with Crippen molar-refractivity contribution in [3.8, 4) is 0 Å². The van der Waals surface area contributed by atoms with E-state index in [1.165, 1.54) is 32.1 Å². The average Bonchev–Trinajstić information content (AvgIpc) is 2.44. The SMILES string of the molecule is CC1CCCCCC1NCCOCCO. The lowest BCUT2D eigenvalue weighted by molar-refractivity contribution is 0.0913. The second kappa shape index (κ2) is 8.08.